The van der Waals surface area contributed by atoms with Gasteiger partial charge >= 0.3 is 0 Å². The molecule has 0 saturated carbocycles. The van der Waals surface area contributed by atoms with Crippen molar-refractivity contribution in [1.29, 1.82) is 0 Å². The lowest BCUT2D eigenvalue weighted by molar-refractivity contribution is 0.0337. The van der Waals surface area contributed by atoms with Crippen LogP contribution in [0.5, 0.6) is 5.75 Å². The maximum atomic E-state index is 10.3. The van der Waals surface area contributed by atoms with Crippen molar-refractivity contribution >= 4 is 29.0 Å². The lowest BCUT2D eigenvalue weighted by Gasteiger charge is -2.12. The highest BCUT2D eigenvalue weighted by Gasteiger charge is 2.25. The monoisotopic (exact) mass is 461 g/mol. The molecular weight excluding hydrogens is 438 g/mol. The number of methoxy groups -OCH3 is 1. The van der Waals surface area contributed by atoms with Gasteiger partial charge in [0.15, 0.2) is 0 Å². The molecule has 1 unspecified atom stereocenters. The Hall–Kier alpha value is -2.84. The Bertz CT molecular complexity index is 1240. The first-order valence-corrected chi connectivity index (χ1v) is 11.9. The fourth-order valence-electron chi connectivity index (χ4n) is 3.84. The number of hydrogen-bond acceptors (Lipinski definition) is 7. The Balaban J connectivity index is 1.40. The molecule has 2 aromatic carbocycles. The lowest BCUT2D eigenvalue weighted by atomic mass is 10.0. The van der Waals surface area contributed by atoms with E-state index in [-0.39, 0.29) is 0 Å². The van der Waals surface area contributed by atoms with Gasteiger partial charge in [0.2, 0.25) is 0 Å². The summed E-state index contributed by atoms with van der Waals surface area (Å²) >= 11 is 3.22. The zero-order valence-electron chi connectivity index (χ0n) is 17.8. The van der Waals surface area contributed by atoms with E-state index in [4.69, 9.17) is 4.74 Å². The molecule has 32 heavy (non-hydrogen) atoms. The van der Waals surface area contributed by atoms with Gasteiger partial charge in [-0.1, -0.05) is 18.2 Å². The molecule has 1 atom stereocenters. The van der Waals surface area contributed by atoms with Gasteiger partial charge in [-0.25, -0.2) is 4.98 Å². The molecule has 0 aliphatic carbocycles. The van der Waals surface area contributed by atoms with Crippen LogP contribution in [-0.4, -0.2) is 29.1 Å². The highest BCUT2D eigenvalue weighted by Crippen LogP contribution is 2.40. The van der Waals surface area contributed by atoms with Crippen molar-refractivity contribution < 1.29 is 9.84 Å². The maximum absolute atomic E-state index is 10.3. The zero-order chi connectivity index (χ0) is 22.1. The van der Waals surface area contributed by atoms with Crippen LogP contribution >= 0.6 is 23.3 Å². The second-order valence-corrected chi connectivity index (χ2v) is 9.56. The molecule has 0 bridgehead atoms. The first-order chi connectivity index (χ1) is 15.6. The molecule has 0 spiro atoms. The predicted octanol–water partition coefficient (Wildman–Crippen LogP) is 6.04. The van der Waals surface area contributed by atoms with E-state index in [0.717, 1.165) is 34.1 Å². The first kappa shape index (κ1) is 21.0. The summed E-state index contributed by atoms with van der Waals surface area (Å²) in [5, 5.41) is 11.2. The summed E-state index contributed by atoms with van der Waals surface area (Å²) in [6.07, 6.45) is 1.27. The second kappa shape index (κ2) is 8.96. The van der Waals surface area contributed by atoms with E-state index in [9.17, 15) is 5.11 Å². The molecule has 3 heterocycles. The number of thiophene rings is 1. The van der Waals surface area contributed by atoms with Crippen LogP contribution < -0.4 is 9.46 Å². The third-order valence-electron chi connectivity index (χ3n) is 5.54. The summed E-state index contributed by atoms with van der Waals surface area (Å²) in [6, 6.07) is 22.7. The summed E-state index contributed by atoms with van der Waals surface area (Å²) in [6.45, 7) is 0.768. The zero-order valence-corrected chi connectivity index (χ0v) is 19.4. The number of ether oxygens (including phenoxy) is 1. The minimum Gasteiger partial charge on any atom is -0.495 e. The fraction of sp³-hybridized carbons (Fsp3) is 0.160. The summed E-state index contributed by atoms with van der Waals surface area (Å²) in [5.41, 5.74) is 5.41. The molecule has 2 aromatic heterocycles. The molecule has 0 fully saturated rings. The van der Waals surface area contributed by atoms with Gasteiger partial charge in [0.25, 0.3) is 0 Å². The summed E-state index contributed by atoms with van der Waals surface area (Å²) in [5.74, 6) is 0.787. The molecule has 0 amide bonds. The van der Waals surface area contributed by atoms with Crippen LogP contribution in [0.15, 0.2) is 78.0 Å². The van der Waals surface area contributed by atoms with Crippen LogP contribution in [-0.2, 0) is 6.54 Å². The van der Waals surface area contributed by atoms with Gasteiger partial charge in [-0.3, -0.25) is 4.90 Å². The maximum Gasteiger partial charge on any atom is 0.142 e. The van der Waals surface area contributed by atoms with Crippen LogP contribution in [0.3, 0.4) is 0 Å². The number of aromatic nitrogens is 1. The first-order valence-electron chi connectivity index (χ1n) is 10.3. The van der Waals surface area contributed by atoms with E-state index in [1.165, 1.54) is 32.8 Å². The number of pyridine rings is 1. The molecule has 162 valence electrons. The number of hydrogen-bond donors (Lipinski definition) is 2. The molecule has 4 aromatic rings. The van der Waals surface area contributed by atoms with E-state index >= 15 is 0 Å². The Morgan fingerprint density at radius 2 is 1.84 bits per heavy atom. The molecular formula is C25H23N3O2S2. The number of benzene rings is 2. The quantitative estimate of drug-likeness (QED) is 0.341. The van der Waals surface area contributed by atoms with Gasteiger partial charge in [-0.15, -0.1) is 11.3 Å². The number of rotatable bonds is 6. The van der Waals surface area contributed by atoms with Gasteiger partial charge in [0.1, 0.15) is 17.0 Å². The topological polar surface area (TPSA) is 57.6 Å². The summed E-state index contributed by atoms with van der Waals surface area (Å²) in [7, 11) is 3.62. The van der Waals surface area contributed by atoms with Crippen molar-refractivity contribution in [2.24, 2.45) is 0 Å². The van der Waals surface area contributed by atoms with Crippen molar-refractivity contribution in [3.63, 3.8) is 0 Å². The second-order valence-electron chi connectivity index (χ2n) is 7.65. The van der Waals surface area contributed by atoms with Crippen LogP contribution in [0, 0.1) is 0 Å². The number of anilines is 1. The van der Waals surface area contributed by atoms with Crippen molar-refractivity contribution in [2.75, 3.05) is 18.9 Å². The Labute approximate surface area is 195 Å². The number of nitrogens with one attached hydrogen (secondary N) is 1. The summed E-state index contributed by atoms with van der Waals surface area (Å²) in [4.78, 5) is 8.69. The molecule has 5 rings (SSSR count). The number of fused-ring (bicyclic) bond motifs is 1. The van der Waals surface area contributed by atoms with Crippen molar-refractivity contribution in [2.45, 2.75) is 17.8 Å². The minimum absolute atomic E-state index is 0.507. The minimum atomic E-state index is -0.507. The smallest absolute Gasteiger partial charge is 0.142 e. The Morgan fingerprint density at radius 1 is 1.06 bits per heavy atom. The Morgan fingerprint density at radius 3 is 2.59 bits per heavy atom. The van der Waals surface area contributed by atoms with Gasteiger partial charge in [0.05, 0.1) is 12.8 Å². The van der Waals surface area contributed by atoms with Crippen LogP contribution in [0.2, 0.25) is 0 Å². The normalized spacial score (nSPS) is 15.5. The SMILES string of the molecule is COc1ccc(-c2ccc(-c3ccc4c(c3)CN(C)C4O)s2)cc1NSc1ccccn1. The van der Waals surface area contributed by atoms with E-state index < -0.39 is 6.23 Å². The average Bonchev–Trinajstić information content (AvgIpc) is 3.43. The third kappa shape index (κ3) is 4.12. The molecule has 0 radical (unpaired) electrons. The molecule has 1 aliphatic heterocycles. The van der Waals surface area contributed by atoms with Crippen LogP contribution in [0.25, 0.3) is 20.9 Å². The van der Waals surface area contributed by atoms with E-state index in [1.54, 1.807) is 24.6 Å². The van der Waals surface area contributed by atoms with Gasteiger partial charge in [0, 0.05) is 34.4 Å². The third-order valence-corrected chi connectivity index (χ3v) is 7.49. The molecule has 1 aliphatic rings. The van der Waals surface area contributed by atoms with Crippen molar-refractivity contribution in [3.05, 3.63) is 84.1 Å². The number of aliphatic hydroxyl groups excluding tert-OH is 1. The van der Waals surface area contributed by atoms with Crippen LogP contribution in [0.4, 0.5) is 5.69 Å². The van der Waals surface area contributed by atoms with Gasteiger partial charge in [-0.2, -0.15) is 0 Å². The van der Waals surface area contributed by atoms with E-state index in [0.29, 0.717) is 0 Å². The summed E-state index contributed by atoms with van der Waals surface area (Å²) < 4.78 is 8.91. The lowest BCUT2D eigenvalue weighted by Crippen LogP contribution is -2.15. The molecule has 7 heteroatoms. The molecule has 0 saturated heterocycles. The number of aliphatic hydroxyl groups is 1. The highest BCUT2D eigenvalue weighted by molar-refractivity contribution is 8.00. The average molecular weight is 462 g/mol. The van der Waals surface area contributed by atoms with E-state index in [1.807, 2.05) is 42.3 Å². The standard InChI is InChI=1S/C25H23N3O2S2/c1-28-15-18-13-16(6-8-19(18)25(28)29)22-10-11-23(31-22)17-7-9-21(30-2)20(14-17)27-32-24-5-3-4-12-26-24/h3-14,25,27,29H,15H2,1-2H3. The van der Waals surface area contributed by atoms with Crippen molar-refractivity contribution in [3.8, 4) is 26.6 Å². The highest BCUT2D eigenvalue weighted by atomic mass is 32.2. The van der Waals surface area contributed by atoms with Gasteiger partial charge < -0.3 is 14.6 Å². The fourth-order valence-corrected chi connectivity index (χ4v) is 5.48. The largest absolute Gasteiger partial charge is 0.495 e. The van der Waals surface area contributed by atoms with Gasteiger partial charge in [-0.05, 0) is 77.8 Å². The van der Waals surface area contributed by atoms with E-state index in [2.05, 4.69) is 46.1 Å². The predicted molar refractivity (Wildman–Crippen MR) is 132 cm³/mol. The van der Waals surface area contributed by atoms with Crippen LogP contribution in [0.1, 0.15) is 17.4 Å². The molecule has 5 nitrogen and oxygen atoms in total. The van der Waals surface area contributed by atoms with Crippen molar-refractivity contribution in [1.82, 2.24) is 9.88 Å². The molecule has 2 N–H and O–H groups in total. The number of nitrogens with zero attached hydrogens (tertiary/aromatic N) is 2. The Kier molecular flexibility index (Phi) is 5.89.